The summed E-state index contributed by atoms with van der Waals surface area (Å²) < 4.78 is 0. The van der Waals surface area contributed by atoms with Gasteiger partial charge < -0.3 is 32.3 Å². The van der Waals surface area contributed by atoms with Crippen molar-refractivity contribution in [1.29, 1.82) is 0 Å². The Morgan fingerprint density at radius 1 is 0.841 bits per heavy atom. The third-order valence-electron chi connectivity index (χ3n) is 8.40. The van der Waals surface area contributed by atoms with Crippen LogP contribution in [0.1, 0.15) is 61.8 Å². The van der Waals surface area contributed by atoms with Crippen molar-refractivity contribution in [1.82, 2.24) is 15.1 Å². The molecule has 1 saturated heterocycles. The molecule has 1 heterocycles. The summed E-state index contributed by atoms with van der Waals surface area (Å²) in [5.41, 5.74) is 22.6. The minimum atomic E-state index is -0.739. The molecule has 0 aromatic heterocycles. The number of carbonyl (C=O) groups is 2. The number of nitrogens with one attached hydrogen (secondary N) is 1. The fourth-order valence-corrected chi connectivity index (χ4v) is 6.67. The Hall–Kier alpha value is -2.20. The van der Waals surface area contributed by atoms with Crippen LogP contribution in [0.2, 0.25) is 10.0 Å². The highest BCUT2D eigenvalue weighted by molar-refractivity contribution is 6.31. The molecule has 1 fully saturated rings. The quantitative estimate of drug-likeness (QED) is 0.214. The highest BCUT2D eigenvalue weighted by Crippen LogP contribution is 2.27. The van der Waals surface area contributed by atoms with E-state index in [0.29, 0.717) is 48.4 Å². The van der Waals surface area contributed by atoms with Crippen molar-refractivity contribution in [2.45, 2.75) is 90.4 Å². The van der Waals surface area contributed by atoms with Gasteiger partial charge in [-0.2, -0.15) is 0 Å². The normalized spacial score (nSPS) is 18.5. The van der Waals surface area contributed by atoms with E-state index < -0.39 is 12.1 Å². The van der Waals surface area contributed by atoms with Gasteiger partial charge in [0, 0.05) is 48.3 Å². The molecule has 10 heteroatoms. The van der Waals surface area contributed by atoms with Gasteiger partial charge in [-0.15, -0.1) is 0 Å². The minimum Gasteiger partial charge on any atom is -0.335 e. The molecule has 2 amide bonds. The molecule has 7 N–H and O–H groups in total. The number of halogens is 2. The van der Waals surface area contributed by atoms with Crippen molar-refractivity contribution >= 4 is 35.0 Å². The van der Waals surface area contributed by atoms with Gasteiger partial charge in [-0.3, -0.25) is 9.59 Å². The Labute approximate surface area is 274 Å². The predicted molar refractivity (Wildman–Crippen MR) is 182 cm³/mol. The average Bonchev–Trinajstić information content (AvgIpc) is 2.97. The Kier molecular flexibility index (Phi) is 14.4. The number of nitrogens with two attached hydrogens (primary N) is 3. The summed E-state index contributed by atoms with van der Waals surface area (Å²) in [6.07, 6.45) is 4.05. The van der Waals surface area contributed by atoms with Crippen LogP contribution in [0.15, 0.2) is 36.4 Å². The number of aryl methyl sites for hydroxylation is 2. The van der Waals surface area contributed by atoms with Crippen molar-refractivity contribution in [3.63, 3.8) is 0 Å². The lowest BCUT2D eigenvalue weighted by Gasteiger charge is -2.48. The van der Waals surface area contributed by atoms with Crippen molar-refractivity contribution in [2.75, 3.05) is 32.7 Å². The number of piperazine rings is 1. The third-order valence-corrected chi connectivity index (χ3v) is 9.10. The SMILES string of the molecule is Cc1ccc(CC(N)C(=O)N2C[C@@H](CC(C)C)N(C(=O)[C@H](N)Cc3ccc(C)cc3Cl)CC2CCCCNCCN)c(Cl)c1. The summed E-state index contributed by atoms with van der Waals surface area (Å²) >= 11 is 13.0. The summed E-state index contributed by atoms with van der Waals surface area (Å²) in [7, 11) is 0. The zero-order chi connectivity index (χ0) is 32.4. The van der Waals surface area contributed by atoms with Gasteiger partial charge in [0.1, 0.15) is 0 Å². The molecule has 8 nitrogen and oxygen atoms in total. The van der Waals surface area contributed by atoms with Gasteiger partial charge in [-0.25, -0.2) is 0 Å². The summed E-state index contributed by atoms with van der Waals surface area (Å²) in [5, 5.41) is 4.57. The zero-order valence-corrected chi connectivity index (χ0v) is 28.3. The molecule has 4 atom stereocenters. The summed E-state index contributed by atoms with van der Waals surface area (Å²) in [6, 6.07) is 9.83. The first-order valence-corrected chi connectivity index (χ1v) is 16.7. The fourth-order valence-electron chi connectivity index (χ4n) is 6.05. The van der Waals surface area contributed by atoms with Crippen LogP contribution >= 0.6 is 23.2 Å². The molecule has 2 unspecified atom stereocenters. The first kappa shape index (κ1) is 36.3. The van der Waals surface area contributed by atoms with Gasteiger partial charge in [0.2, 0.25) is 11.8 Å². The molecular weight excluding hydrogens is 595 g/mol. The second-order valence-corrected chi connectivity index (χ2v) is 13.6. The largest absolute Gasteiger partial charge is 0.335 e. The van der Waals surface area contributed by atoms with Crippen LogP contribution in [-0.4, -0.2) is 78.5 Å². The third kappa shape index (κ3) is 10.4. The molecule has 0 aliphatic carbocycles. The molecule has 0 spiro atoms. The molecule has 1 aliphatic rings. The number of hydrogen-bond donors (Lipinski definition) is 4. The molecule has 244 valence electrons. The molecule has 44 heavy (non-hydrogen) atoms. The highest BCUT2D eigenvalue weighted by atomic mass is 35.5. The number of carbonyl (C=O) groups excluding carboxylic acids is 2. The van der Waals surface area contributed by atoms with E-state index in [2.05, 4.69) is 19.2 Å². The highest BCUT2D eigenvalue weighted by Gasteiger charge is 2.41. The van der Waals surface area contributed by atoms with E-state index in [4.69, 9.17) is 40.4 Å². The van der Waals surface area contributed by atoms with Crippen LogP contribution in [0.25, 0.3) is 0 Å². The van der Waals surface area contributed by atoms with E-state index in [1.165, 1.54) is 0 Å². The summed E-state index contributed by atoms with van der Waals surface area (Å²) in [4.78, 5) is 31.8. The second kappa shape index (κ2) is 17.5. The number of benzene rings is 2. The van der Waals surface area contributed by atoms with Crippen molar-refractivity contribution in [3.05, 3.63) is 68.7 Å². The lowest BCUT2D eigenvalue weighted by molar-refractivity contribution is -0.149. The molecule has 2 aromatic rings. The maximum absolute atomic E-state index is 14.0. The molecule has 0 bridgehead atoms. The fraction of sp³-hybridized carbons (Fsp3) is 0.588. The van der Waals surface area contributed by atoms with E-state index in [0.717, 1.165) is 61.0 Å². The van der Waals surface area contributed by atoms with Crippen LogP contribution in [0.5, 0.6) is 0 Å². The van der Waals surface area contributed by atoms with Crippen LogP contribution < -0.4 is 22.5 Å². The molecule has 1 aliphatic heterocycles. The molecule has 3 rings (SSSR count). The average molecular weight is 648 g/mol. The second-order valence-electron chi connectivity index (χ2n) is 12.8. The topological polar surface area (TPSA) is 131 Å². The first-order chi connectivity index (χ1) is 20.9. The van der Waals surface area contributed by atoms with Crippen LogP contribution in [-0.2, 0) is 22.4 Å². The van der Waals surface area contributed by atoms with Gasteiger partial charge in [0.15, 0.2) is 0 Å². The number of nitrogens with zero attached hydrogens (tertiary/aromatic N) is 2. The predicted octanol–water partition coefficient (Wildman–Crippen LogP) is 4.22. The maximum Gasteiger partial charge on any atom is 0.240 e. The zero-order valence-electron chi connectivity index (χ0n) is 26.8. The van der Waals surface area contributed by atoms with Crippen molar-refractivity contribution < 1.29 is 9.59 Å². The van der Waals surface area contributed by atoms with Gasteiger partial charge in [0.25, 0.3) is 0 Å². The summed E-state index contributed by atoms with van der Waals surface area (Å²) in [6.45, 7) is 11.3. The minimum absolute atomic E-state index is 0.107. The molecule has 0 radical (unpaired) electrons. The first-order valence-electron chi connectivity index (χ1n) is 15.9. The van der Waals surface area contributed by atoms with E-state index in [1.807, 2.05) is 60.0 Å². The van der Waals surface area contributed by atoms with E-state index >= 15 is 0 Å². The smallest absolute Gasteiger partial charge is 0.240 e. The lowest BCUT2D eigenvalue weighted by atomic mass is 9.93. The Morgan fingerprint density at radius 3 is 1.82 bits per heavy atom. The molecular formula is C34H52Cl2N6O2. The number of unbranched alkanes of at least 4 members (excludes halogenated alkanes) is 1. The van der Waals surface area contributed by atoms with Gasteiger partial charge in [-0.05, 0) is 92.8 Å². The van der Waals surface area contributed by atoms with Gasteiger partial charge >= 0.3 is 0 Å². The molecule has 0 saturated carbocycles. The van der Waals surface area contributed by atoms with E-state index in [-0.39, 0.29) is 23.9 Å². The Balaban J connectivity index is 1.82. The van der Waals surface area contributed by atoms with Gasteiger partial charge in [-0.1, -0.05) is 67.7 Å². The van der Waals surface area contributed by atoms with Crippen LogP contribution in [0.4, 0.5) is 0 Å². The molecule has 2 aromatic carbocycles. The summed E-state index contributed by atoms with van der Waals surface area (Å²) in [5.74, 6) is 0.106. The maximum atomic E-state index is 14.0. The van der Waals surface area contributed by atoms with E-state index in [1.54, 1.807) is 0 Å². The standard InChI is InChI=1S/C34H52Cl2N6O2/c1-22(2)15-28-21-41(33(43)31(38)18-25-10-8-23(3)16-29(25)35)27(7-5-6-13-40-14-12-37)20-42(28)34(44)32(39)19-26-11-9-24(4)17-30(26)36/h8-11,16-17,22,27-28,31-32,40H,5-7,12-15,18-21,37-39H2,1-4H3/t27?,28-,31?,32-/m1/s1. The van der Waals surface area contributed by atoms with Gasteiger partial charge in [0.05, 0.1) is 12.1 Å². The monoisotopic (exact) mass is 646 g/mol. The number of rotatable bonds is 15. The van der Waals surface area contributed by atoms with Crippen LogP contribution in [0.3, 0.4) is 0 Å². The number of amides is 2. The van der Waals surface area contributed by atoms with Crippen molar-refractivity contribution in [3.8, 4) is 0 Å². The number of hydrogen-bond acceptors (Lipinski definition) is 6. The van der Waals surface area contributed by atoms with Crippen LogP contribution in [0, 0.1) is 19.8 Å². The Bertz CT molecular complexity index is 1240. The van der Waals surface area contributed by atoms with E-state index in [9.17, 15) is 9.59 Å². The van der Waals surface area contributed by atoms with Crippen molar-refractivity contribution in [2.24, 2.45) is 23.1 Å². The lowest BCUT2D eigenvalue weighted by Crippen LogP contribution is -2.65. The Morgan fingerprint density at radius 2 is 1.34 bits per heavy atom.